The van der Waals surface area contributed by atoms with Gasteiger partial charge in [0.25, 0.3) is 0 Å². The normalized spacial score (nSPS) is 24.4. The van der Waals surface area contributed by atoms with Crippen molar-refractivity contribution in [3.05, 3.63) is 17.5 Å². The molecule has 3 heteroatoms. The fourth-order valence-corrected chi connectivity index (χ4v) is 3.63. The Kier molecular flexibility index (Phi) is 4.34. The van der Waals surface area contributed by atoms with Gasteiger partial charge in [0.15, 0.2) is 0 Å². The molecule has 1 aromatic rings. The van der Waals surface area contributed by atoms with E-state index in [4.69, 9.17) is 0 Å². The molecule has 1 N–H and O–H groups in total. The van der Waals surface area contributed by atoms with Gasteiger partial charge in [-0.3, -0.25) is 4.68 Å². The van der Waals surface area contributed by atoms with Gasteiger partial charge in [0, 0.05) is 18.7 Å². The SMILES string of the molecule is CCn1nc(C)cc1CC(O)C1CCCCC1(C)C. The maximum Gasteiger partial charge on any atom is 0.0628 e. The molecule has 19 heavy (non-hydrogen) atoms. The molecular formula is C16H28N2O. The van der Waals surface area contributed by atoms with E-state index in [0.717, 1.165) is 25.1 Å². The first-order chi connectivity index (χ1) is 8.94. The second-order valence-corrected chi connectivity index (χ2v) is 6.71. The van der Waals surface area contributed by atoms with E-state index in [1.54, 1.807) is 0 Å². The van der Waals surface area contributed by atoms with Gasteiger partial charge in [0.1, 0.15) is 0 Å². The van der Waals surface area contributed by atoms with Gasteiger partial charge in [-0.05, 0) is 44.1 Å². The Labute approximate surface area is 117 Å². The average molecular weight is 264 g/mol. The highest BCUT2D eigenvalue weighted by atomic mass is 16.3. The van der Waals surface area contributed by atoms with Crippen molar-refractivity contribution < 1.29 is 5.11 Å². The Morgan fingerprint density at radius 2 is 2.21 bits per heavy atom. The summed E-state index contributed by atoms with van der Waals surface area (Å²) < 4.78 is 2.02. The first kappa shape index (κ1) is 14.6. The predicted octanol–water partition coefficient (Wildman–Crippen LogP) is 3.33. The molecule has 1 aromatic heterocycles. The molecule has 1 aliphatic rings. The van der Waals surface area contributed by atoms with E-state index >= 15 is 0 Å². The quantitative estimate of drug-likeness (QED) is 0.906. The fourth-order valence-electron chi connectivity index (χ4n) is 3.63. The molecule has 108 valence electrons. The maximum absolute atomic E-state index is 10.7. The van der Waals surface area contributed by atoms with Gasteiger partial charge < -0.3 is 5.11 Å². The van der Waals surface area contributed by atoms with Crippen LogP contribution in [0.15, 0.2) is 6.07 Å². The Bertz CT molecular complexity index is 422. The highest BCUT2D eigenvalue weighted by Crippen LogP contribution is 2.42. The largest absolute Gasteiger partial charge is 0.392 e. The topological polar surface area (TPSA) is 38.0 Å². The van der Waals surface area contributed by atoms with Gasteiger partial charge >= 0.3 is 0 Å². The molecule has 0 aromatic carbocycles. The fraction of sp³-hybridized carbons (Fsp3) is 0.812. The van der Waals surface area contributed by atoms with Gasteiger partial charge in [-0.2, -0.15) is 5.10 Å². The van der Waals surface area contributed by atoms with Crippen molar-refractivity contribution in [3.8, 4) is 0 Å². The van der Waals surface area contributed by atoms with Crippen LogP contribution in [0.3, 0.4) is 0 Å². The number of aromatic nitrogens is 2. The zero-order valence-corrected chi connectivity index (χ0v) is 12.8. The van der Waals surface area contributed by atoms with Crippen molar-refractivity contribution >= 4 is 0 Å². The molecular weight excluding hydrogens is 236 g/mol. The zero-order valence-electron chi connectivity index (χ0n) is 12.8. The zero-order chi connectivity index (χ0) is 14.0. The molecule has 2 unspecified atom stereocenters. The minimum absolute atomic E-state index is 0.239. The van der Waals surface area contributed by atoms with Crippen molar-refractivity contribution in [2.45, 2.75) is 72.4 Å². The van der Waals surface area contributed by atoms with Crippen LogP contribution in [0.2, 0.25) is 0 Å². The Morgan fingerprint density at radius 3 is 2.84 bits per heavy atom. The van der Waals surface area contributed by atoms with Crippen LogP contribution in [0.1, 0.15) is 57.8 Å². The summed E-state index contributed by atoms with van der Waals surface area (Å²) in [4.78, 5) is 0. The van der Waals surface area contributed by atoms with Crippen molar-refractivity contribution in [2.24, 2.45) is 11.3 Å². The number of nitrogens with zero attached hydrogens (tertiary/aromatic N) is 2. The number of aliphatic hydroxyl groups excluding tert-OH is 1. The van der Waals surface area contributed by atoms with Crippen molar-refractivity contribution in [1.29, 1.82) is 0 Å². The molecule has 2 rings (SSSR count). The lowest BCUT2D eigenvalue weighted by atomic mass is 9.66. The lowest BCUT2D eigenvalue weighted by Gasteiger charge is -2.41. The van der Waals surface area contributed by atoms with E-state index in [9.17, 15) is 5.11 Å². The Morgan fingerprint density at radius 1 is 1.47 bits per heavy atom. The van der Waals surface area contributed by atoms with Gasteiger partial charge in [-0.1, -0.05) is 26.7 Å². The molecule has 0 radical (unpaired) electrons. The lowest BCUT2D eigenvalue weighted by Crippen LogP contribution is -2.38. The van der Waals surface area contributed by atoms with Gasteiger partial charge in [-0.15, -0.1) is 0 Å². The molecule has 2 atom stereocenters. The van der Waals surface area contributed by atoms with Crippen LogP contribution in [-0.4, -0.2) is 21.0 Å². The minimum Gasteiger partial charge on any atom is -0.392 e. The summed E-state index contributed by atoms with van der Waals surface area (Å²) in [6.45, 7) is 9.62. The van der Waals surface area contributed by atoms with Crippen LogP contribution in [0.4, 0.5) is 0 Å². The van der Waals surface area contributed by atoms with Gasteiger partial charge in [0.2, 0.25) is 0 Å². The Balaban J connectivity index is 2.09. The van der Waals surface area contributed by atoms with Crippen molar-refractivity contribution in [1.82, 2.24) is 9.78 Å². The number of aliphatic hydroxyl groups is 1. The summed E-state index contributed by atoms with van der Waals surface area (Å²) in [5.74, 6) is 0.418. The standard InChI is InChI=1S/C16H28N2O/c1-5-18-13(10-12(2)17-18)11-15(19)14-8-6-7-9-16(14,3)4/h10,14-15,19H,5-9,11H2,1-4H3. The van der Waals surface area contributed by atoms with E-state index in [1.165, 1.54) is 25.0 Å². The summed E-state index contributed by atoms with van der Waals surface area (Å²) in [5, 5.41) is 15.1. The third-order valence-corrected chi connectivity index (χ3v) is 4.76. The van der Waals surface area contributed by atoms with Gasteiger partial charge in [-0.25, -0.2) is 0 Å². The van der Waals surface area contributed by atoms with E-state index in [1.807, 2.05) is 11.6 Å². The van der Waals surface area contributed by atoms with E-state index in [2.05, 4.69) is 31.9 Å². The van der Waals surface area contributed by atoms with Crippen LogP contribution in [0.5, 0.6) is 0 Å². The first-order valence-corrected chi connectivity index (χ1v) is 7.65. The third kappa shape index (κ3) is 3.19. The summed E-state index contributed by atoms with van der Waals surface area (Å²) in [6.07, 6.45) is 5.47. The summed E-state index contributed by atoms with van der Waals surface area (Å²) in [7, 11) is 0. The first-order valence-electron chi connectivity index (χ1n) is 7.65. The molecule has 0 aliphatic heterocycles. The molecule has 0 amide bonds. The van der Waals surface area contributed by atoms with Crippen LogP contribution in [0, 0.1) is 18.3 Å². The molecule has 1 aliphatic carbocycles. The molecule has 1 fully saturated rings. The average Bonchev–Trinajstić information content (AvgIpc) is 2.68. The van der Waals surface area contributed by atoms with Crippen LogP contribution < -0.4 is 0 Å². The molecule has 0 bridgehead atoms. The molecule has 1 heterocycles. The number of rotatable bonds is 4. The number of hydrogen-bond acceptors (Lipinski definition) is 2. The molecule has 0 saturated heterocycles. The van der Waals surface area contributed by atoms with Crippen LogP contribution in [0.25, 0.3) is 0 Å². The van der Waals surface area contributed by atoms with Crippen LogP contribution >= 0.6 is 0 Å². The Hall–Kier alpha value is -0.830. The maximum atomic E-state index is 10.7. The van der Waals surface area contributed by atoms with Gasteiger partial charge in [0.05, 0.1) is 11.8 Å². The number of hydrogen-bond donors (Lipinski definition) is 1. The smallest absolute Gasteiger partial charge is 0.0628 e. The van der Waals surface area contributed by atoms with E-state index in [-0.39, 0.29) is 11.5 Å². The van der Waals surface area contributed by atoms with E-state index in [0.29, 0.717) is 5.92 Å². The lowest BCUT2D eigenvalue weighted by molar-refractivity contribution is 0.00478. The molecule has 0 spiro atoms. The summed E-state index contributed by atoms with van der Waals surface area (Å²) >= 11 is 0. The minimum atomic E-state index is -0.239. The third-order valence-electron chi connectivity index (χ3n) is 4.76. The predicted molar refractivity (Wildman–Crippen MR) is 78.1 cm³/mol. The number of aryl methyl sites for hydroxylation is 2. The summed E-state index contributed by atoms with van der Waals surface area (Å²) in [6, 6.07) is 2.11. The van der Waals surface area contributed by atoms with Crippen molar-refractivity contribution in [2.75, 3.05) is 0 Å². The second kappa shape index (κ2) is 5.66. The summed E-state index contributed by atoms with van der Waals surface area (Å²) in [5.41, 5.74) is 2.49. The molecule has 1 saturated carbocycles. The highest BCUT2D eigenvalue weighted by molar-refractivity contribution is 5.10. The monoisotopic (exact) mass is 264 g/mol. The van der Waals surface area contributed by atoms with Crippen molar-refractivity contribution in [3.63, 3.8) is 0 Å². The molecule has 3 nitrogen and oxygen atoms in total. The van der Waals surface area contributed by atoms with E-state index < -0.39 is 0 Å². The highest BCUT2D eigenvalue weighted by Gasteiger charge is 2.37. The van der Waals surface area contributed by atoms with Crippen LogP contribution in [-0.2, 0) is 13.0 Å². The second-order valence-electron chi connectivity index (χ2n) is 6.71.